The molecule has 0 unspecified atom stereocenters. The Morgan fingerprint density at radius 3 is 1.15 bits per heavy atom. The number of aliphatic carboxylic acids is 2. The van der Waals surface area contributed by atoms with E-state index in [0.717, 1.165) is 42.6 Å². The van der Waals surface area contributed by atoms with Gasteiger partial charge in [-0.3, -0.25) is 4.79 Å². The van der Waals surface area contributed by atoms with E-state index in [9.17, 15) is 24.3 Å². The van der Waals surface area contributed by atoms with Gasteiger partial charge in [0.25, 0.3) is 0 Å². The van der Waals surface area contributed by atoms with Crippen LogP contribution in [0, 0.1) is 0 Å². The minimum absolute atomic E-state index is 0.123. The Labute approximate surface area is 278 Å². The lowest BCUT2D eigenvalue weighted by molar-refractivity contribution is -0.140. The van der Waals surface area contributed by atoms with Gasteiger partial charge >= 0.3 is 23.9 Å². The van der Waals surface area contributed by atoms with Crippen LogP contribution in [0.15, 0.2) is 115 Å². The van der Waals surface area contributed by atoms with Crippen LogP contribution in [0.3, 0.4) is 0 Å². The molecule has 0 aliphatic carbocycles. The number of hydrogen-bond acceptors (Lipinski definition) is 8. The first-order valence-corrected chi connectivity index (χ1v) is 16.2. The Hall–Kier alpha value is -4.76. The van der Waals surface area contributed by atoms with Crippen LogP contribution in [0.5, 0.6) is 0 Å². The van der Waals surface area contributed by atoms with Crippen LogP contribution in [0.2, 0.25) is 0 Å². The minimum atomic E-state index is -2.33. The average molecular weight is 673 g/mol. The summed E-state index contributed by atoms with van der Waals surface area (Å²) in [7, 11) is 4.75. The quantitative estimate of drug-likeness (QED) is 0.153. The third-order valence-electron chi connectivity index (χ3n) is 5.29. The van der Waals surface area contributed by atoms with E-state index in [0.29, 0.717) is 6.42 Å². The lowest BCUT2D eigenvalue weighted by Gasteiger charge is -2.27. The van der Waals surface area contributed by atoms with Crippen molar-refractivity contribution in [2.75, 3.05) is 28.4 Å². The molecule has 0 aliphatic heterocycles. The molecule has 0 aromatic heterocycles. The number of rotatable bonds is 8. The molecular weight excluding hydrogens is 623 g/mol. The molecule has 3 aromatic carbocycles. The number of allylic oxidation sites excluding steroid dienone is 2. The monoisotopic (exact) mass is 672 g/mol. The molecule has 0 spiro atoms. The Bertz CT molecular complexity index is 1250. The molecule has 0 aliphatic rings. The van der Waals surface area contributed by atoms with E-state index in [4.69, 9.17) is 15.3 Å². The number of carbonyl (C=O) groups is 4. The van der Waals surface area contributed by atoms with Gasteiger partial charge < -0.3 is 29.9 Å². The number of ether oxygens (including phenoxy) is 2. The second-order valence-corrected chi connectivity index (χ2v) is 11.6. The molecule has 0 saturated heterocycles. The fraction of sp³-hybridized carbons (Fsp3) is 0.250. The number of carbonyl (C=O) groups excluding carboxylic acids is 2. The van der Waals surface area contributed by atoms with E-state index in [1.54, 1.807) is 19.9 Å². The maximum atomic E-state index is 11.7. The van der Waals surface area contributed by atoms with Gasteiger partial charge in [-0.05, 0) is 43.1 Å². The summed E-state index contributed by atoms with van der Waals surface area (Å²) in [4.78, 5) is 41.5. The van der Waals surface area contributed by atoms with Crippen molar-refractivity contribution < 1.29 is 49.1 Å². The predicted octanol–water partition coefficient (Wildman–Crippen LogP) is 4.43. The lowest BCUT2D eigenvalue weighted by Crippen LogP contribution is -2.28. The van der Waals surface area contributed by atoms with Gasteiger partial charge in [-0.25, -0.2) is 14.4 Å². The molecule has 0 radical (unpaired) electrons. The first-order chi connectivity index (χ1) is 22.6. The standard InChI is InChI=1S/C20H17O2P.C5H10O2.C5H8O2.C4H6O2.2CH4O/c21-20(22)16-23(17-10-4-1-5-11-17,18-12-6-2-7-13-18)19-14-8-3-9-15-19;2*1-3-4-5(6)7-2;1-2-3-4(5)6;2*1-2/h1-16H,(H,21,22);3-4H2,1-2H3;3-4H,1-2H3;2-3H,1H3,(H,5,6);2*2H,1H3/b;;4-3+;;;. The van der Waals surface area contributed by atoms with Crippen LogP contribution in [0.1, 0.15) is 33.6 Å². The van der Waals surface area contributed by atoms with E-state index in [1.165, 1.54) is 32.2 Å². The van der Waals surface area contributed by atoms with E-state index in [2.05, 4.69) is 9.47 Å². The zero-order valence-corrected chi connectivity index (χ0v) is 29.0. The summed E-state index contributed by atoms with van der Waals surface area (Å²) in [6.07, 6.45) is 6.96. The van der Waals surface area contributed by atoms with E-state index in [-0.39, 0.29) is 11.9 Å². The highest BCUT2D eigenvalue weighted by atomic mass is 31.2. The molecule has 0 saturated carbocycles. The molecule has 0 fully saturated rings. The Morgan fingerprint density at radius 2 is 0.979 bits per heavy atom. The van der Waals surface area contributed by atoms with Crippen molar-refractivity contribution in [2.45, 2.75) is 33.6 Å². The first-order valence-electron chi connectivity index (χ1n) is 14.3. The Balaban J connectivity index is -0.000000664. The van der Waals surface area contributed by atoms with Crippen LogP contribution in [0.25, 0.3) is 0 Å². The molecule has 3 aromatic rings. The number of aliphatic hydroxyl groups is 2. The number of hydrogen-bond donors (Lipinski definition) is 4. The molecule has 10 nitrogen and oxygen atoms in total. The molecule has 4 N–H and O–H groups in total. The summed E-state index contributed by atoms with van der Waals surface area (Å²) in [5, 5.41) is 34.6. The van der Waals surface area contributed by atoms with Gasteiger partial charge in [0.15, 0.2) is 0 Å². The first kappa shape index (κ1) is 46.7. The number of esters is 2. The normalized spacial score (nSPS) is 9.47. The highest BCUT2D eigenvalue weighted by Gasteiger charge is 2.26. The van der Waals surface area contributed by atoms with Crippen molar-refractivity contribution in [1.29, 1.82) is 0 Å². The summed E-state index contributed by atoms with van der Waals surface area (Å²) >= 11 is 0. The van der Waals surface area contributed by atoms with E-state index >= 15 is 0 Å². The molecule has 0 bridgehead atoms. The molecule has 258 valence electrons. The third kappa shape index (κ3) is 20.8. The zero-order valence-electron chi connectivity index (χ0n) is 28.1. The number of carboxylic acids is 2. The summed E-state index contributed by atoms with van der Waals surface area (Å²) in [6, 6.07) is 29.8. The summed E-state index contributed by atoms with van der Waals surface area (Å²) in [5.41, 5.74) is 0. The van der Waals surface area contributed by atoms with Gasteiger partial charge in [-0.15, -0.1) is 0 Å². The van der Waals surface area contributed by atoms with Crippen LogP contribution >= 0.6 is 6.89 Å². The summed E-state index contributed by atoms with van der Waals surface area (Å²) in [5.74, 6) is -0.718. The van der Waals surface area contributed by atoms with Crippen LogP contribution in [-0.2, 0) is 28.7 Å². The van der Waals surface area contributed by atoms with Crippen LogP contribution in [0.4, 0.5) is 0 Å². The summed E-state index contributed by atoms with van der Waals surface area (Å²) in [6.45, 7) is 3.03. The van der Waals surface area contributed by atoms with Crippen molar-refractivity contribution in [2.24, 2.45) is 0 Å². The third-order valence-corrected chi connectivity index (χ3v) is 9.24. The largest absolute Gasteiger partial charge is 0.478 e. The molecule has 11 heteroatoms. The zero-order chi connectivity index (χ0) is 36.5. The Morgan fingerprint density at radius 1 is 0.617 bits per heavy atom. The van der Waals surface area contributed by atoms with Crippen molar-refractivity contribution in [3.8, 4) is 0 Å². The highest BCUT2D eigenvalue weighted by Crippen LogP contribution is 2.43. The maximum absolute atomic E-state index is 11.7. The van der Waals surface area contributed by atoms with Gasteiger partial charge in [0, 0.05) is 38.6 Å². The SMILES string of the molecule is C/C=C/C(=O)OC.CC=CC(=O)O.CCCC(=O)OC.CO.CO.O=C(O)C=P(c1ccccc1)(c1ccccc1)c1ccccc1. The number of methoxy groups -OCH3 is 2. The van der Waals surface area contributed by atoms with Crippen LogP contribution < -0.4 is 15.9 Å². The maximum Gasteiger partial charge on any atom is 0.330 e. The average Bonchev–Trinajstić information content (AvgIpc) is 3.11. The second-order valence-electron chi connectivity index (χ2n) is 8.38. The van der Waals surface area contributed by atoms with Crippen molar-refractivity contribution in [3.05, 3.63) is 115 Å². The van der Waals surface area contributed by atoms with Crippen molar-refractivity contribution in [1.82, 2.24) is 0 Å². The fourth-order valence-electron chi connectivity index (χ4n) is 3.48. The second kappa shape index (κ2) is 31.2. The van der Waals surface area contributed by atoms with Crippen molar-refractivity contribution in [3.63, 3.8) is 0 Å². The van der Waals surface area contributed by atoms with Gasteiger partial charge in [0.05, 0.1) is 14.2 Å². The van der Waals surface area contributed by atoms with Gasteiger partial charge in [-0.1, -0.05) is 110 Å². The predicted molar refractivity (Wildman–Crippen MR) is 191 cm³/mol. The fourth-order valence-corrected chi connectivity index (χ4v) is 7.08. The number of aliphatic hydroxyl groups excluding tert-OH is 2. The smallest absolute Gasteiger partial charge is 0.330 e. The van der Waals surface area contributed by atoms with Gasteiger partial charge in [0.1, 0.15) is 0 Å². The molecule has 0 heterocycles. The number of benzene rings is 3. The molecule has 47 heavy (non-hydrogen) atoms. The highest BCUT2D eigenvalue weighted by molar-refractivity contribution is 7.95. The van der Waals surface area contributed by atoms with E-state index < -0.39 is 18.8 Å². The topological polar surface area (TPSA) is 168 Å². The molecule has 3 rings (SSSR count). The van der Waals surface area contributed by atoms with Crippen molar-refractivity contribution >= 4 is 52.5 Å². The number of carboxylic acid groups (broad SMARTS) is 2. The van der Waals surface area contributed by atoms with Crippen LogP contribution in [-0.4, -0.2) is 78.5 Å². The van der Waals surface area contributed by atoms with Gasteiger partial charge in [-0.2, -0.15) is 0 Å². The molecule has 0 amide bonds. The van der Waals surface area contributed by atoms with Gasteiger partial charge in [0.2, 0.25) is 0 Å². The lowest BCUT2D eigenvalue weighted by atomic mass is 10.3. The van der Waals surface area contributed by atoms with E-state index in [1.807, 2.05) is 97.9 Å². The Kier molecular flexibility index (Phi) is 31.0. The molecular formula is C36H49O10P. The minimum Gasteiger partial charge on any atom is -0.478 e. The molecule has 0 atom stereocenters. The summed E-state index contributed by atoms with van der Waals surface area (Å²) < 4.78 is 8.62.